The Morgan fingerprint density at radius 3 is 2.61 bits per heavy atom. The lowest BCUT2D eigenvalue weighted by Crippen LogP contribution is -2.43. The zero-order valence-electron chi connectivity index (χ0n) is 16.0. The second-order valence-corrected chi connectivity index (χ2v) is 7.65. The van der Waals surface area contributed by atoms with E-state index in [-0.39, 0.29) is 23.1 Å². The molecule has 1 atom stereocenters. The summed E-state index contributed by atoms with van der Waals surface area (Å²) in [6.45, 7) is 4.03. The number of carbonyl (C=O) groups excluding carboxylic acids is 1. The van der Waals surface area contributed by atoms with E-state index in [2.05, 4.69) is 20.2 Å². The summed E-state index contributed by atoms with van der Waals surface area (Å²) in [5, 5.41) is 3.61. The van der Waals surface area contributed by atoms with Crippen LogP contribution in [0.25, 0.3) is 0 Å². The topological polar surface area (TPSA) is 67.3 Å². The Morgan fingerprint density at radius 1 is 1.29 bits per heavy atom. The predicted octanol–water partition coefficient (Wildman–Crippen LogP) is 3.67. The fourth-order valence-corrected chi connectivity index (χ4v) is 3.81. The Morgan fingerprint density at radius 2 is 1.96 bits per heavy atom. The minimum absolute atomic E-state index is 0.0275. The summed E-state index contributed by atoms with van der Waals surface area (Å²) in [4.78, 5) is 23.6. The van der Waals surface area contributed by atoms with Gasteiger partial charge in [0.2, 0.25) is 0 Å². The Labute approximate surface area is 175 Å². The molecule has 1 aromatic carbocycles. The van der Waals surface area contributed by atoms with Gasteiger partial charge in [-0.15, -0.1) is 0 Å². The second-order valence-electron chi connectivity index (χ2n) is 6.86. The molecule has 0 spiro atoms. The molecule has 1 aromatic heterocycles. The van der Waals surface area contributed by atoms with E-state index in [1.165, 1.54) is 0 Å². The molecule has 1 N–H and O–H groups in total. The molecule has 3 rings (SSSR count). The van der Waals surface area contributed by atoms with Crippen LogP contribution in [0.2, 0.25) is 10.0 Å². The van der Waals surface area contributed by atoms with E-state index in [9.17, 15) is 4.79 Å². The van der Waals surface area contributed by atoms with E-state index in [4.69, 9.17) is 27.9 Å². The lowest BCUT2D eigenvalue weighted by molar-refractivity contribution is 0.0265. The van der Waals surface area contributed by atoms with Crippen molar-refractivity contribution in [2.75, 3.05) is 26.7 Å². The quantitative estimate of drug-likeness (QED) is 0.768. The third kappa shape index (κ3) is 5.00. The fraction of sp³-hybridized carbons (Fsp3) is 0.450. The van der Waals surface area contributed by atoms with Crippen LogP contribution in [0.5, 0.6) is 0 Å². The Hall–Kier alpha value is -1.73. The summed E-state index contributed by atoms with van der Waals surface area (Å²) >= 11 is 12.2. The maximum absolute atomic E-state index is 12.7. The van der Waals surface area contributed by atoms with Crippen molar-refractivity contribution in [1.29, 1.82) is 0 Å². The number of halogens is 2. The van der Waals surface area contributed by atoms with Crippen LogP contribution in [-0.2, 0) is 4.74 Å². The molecule has 0 radical (unpaired) electrons. The predicted molar refractivity (Wildman–Crippen MR) is 110 cm³/mol. The van der Waals surface area contributed by atoms with E-state index in [1.807, 2.05) is 19.3 Å². The van der Waals surface area contributed by atoms with Crippen molar-refractivity contribution in [2.45, 2.75) is 31.9 Å². The number of hydrogen-bond donors (Lipinski definition) is 1. The molecule has 8 heteroatoms. The average molecular weight is 423 g/mol. The van der Waals surface area contributed by atoms with Crippen LogP contribution in [0.1, 0.15) is 40.6 Å². The van der Waals surface area contributed by atoms with Gasteiger partial charge in [-0.25, -0.2) is 9.97 Å². The molecular formula is C20H24Cl2N4O2. The van der Waals surface area contributed by atoms with Crippen molar-refractivity contribution in [3.05, 3.63) is 57.6 Å². The number of hydrogen-bond acceptors (Lipinski definition) is 5. The van der Waals surface area contributed by atoms with Crippen molar-refractivity contribution >= 4 is 29.1 Å². The first-order chi connectivity index (χ1) is 13.5. The number of carbonyl (C=O) groups is 1. The molecule has 150 valence electrons. The van der Waals surface area contributed by atoms with Crippen LogP contribution in [0.3, 0.4) is 0 Å². The van der Waals surface area contributed by atoms with Crippen LogP contribution in [-0.4, -0.2) is 53.6 Å². The van der Waals surface area contributed by atoms with Gasteiger partial charge in [0.05, 0.1) is 27.8 Å². The summed E-state index contributed by atoms with van der Waals surface area (Å²) in [6.07, 6.45) is 5.84. The minimum Gasteiger partial charge on any atom is -0.381 e. The van der Waals surface area contributed by atoms with Crippen molar-refractivity contribution in [3.63, 3.8) is 0 Å². The van der Waals surface area contributed by atoms with Gasteiger partial charge in [-0.1, -0.05) is 29.3 Å². The van der Waals surface area contributed by atoms with Crippen molar-refractivity contribution in [2.24, 2.45) is 0 Å². The molecule has 1 fully saturated rings. The number of ether oxygens (including phenoxy) is 1. The highest BCUT2D eigenvalue weighted by atomic mass is 35.5. The molecular weight excluding hydrogens is 399 g/mol. The van der Waals surface area contributed by atoms with E-state index in [0.717, 1.165) is 37.3 Å². The number of piperidine rings is 1. The third-order valence-corrected chi connectivity index (χ3v) is 5.91. The second kappa shape index (κ2) is 9.65. The Bertz CT molecular complexity index is 808. The first-order valence-electron chi connectivity index (χ1n) is 9.27. The van der Waals surface area contributed by atoms with Gasteiger partial charge in [-0.2, -0.15) is 0 Å². The number of benzene rings is 1. The molecule has 1 saturated heterocycles. The summed E-state index contributed by atoms with van der Waals surface area (Å²) in [5.41, 5.74) is 1.34. The minimum atomic E-state index is -0.252. The number of rotatable bonds is 6. The van der Waals surface area contributed by atoms with Crippen LogP contribution < -0.4 is 5.32 Å². The summed E-state index contributed by atoms with van der Waals surface area (Å²) < 4.78 is 5.47. The van der Waals surface area contributed by atoms with Crippen molar-refractivity contribution in [1.82, 2.24) is 20.2 Å². The van der Waals surface area contributed by atoms with Crippen LogP contribution in [0.4, 0.5) is 0 Å². The highest BCUT2D eigenvalue weighted by Gasteiger charge is 2.27. The van der Waals surface area contributed by atoms with E-state index in [0.29, 0.717) is 17.1 Å². The lowest BCUT2D eigenvalue weighted by Gasteiger charge is -2.37. The number of amides is 1. The molecule has 0 saturated carbocycles. The lowest BCUT2D eigenvalue weighted by atomic mass is 10.0. The molecule has 2 heterocycles. The van der Waals surface area contributed by atoms with Gasteiger partial charge in [-0.3, -0.25) is 9.69 Å². The summed E-state index contributed by atoms with van der Waals surface area (Å²) in [5.74, 6) is 0.465. The van der Waals surface area contributed by atoms with Gasteiger partial charge >= 0.3 is 0 Å². The number of nitrogens with one attached hydrogen (secondary N) is 1. The van der Waals surface area contributed by atoms with Crippen LogP contribution in [0.15, 0.2) is 30.6 Å². The fourth-order valence-electron chi connectivity index (χ4n) is 3.42. The molecule has 1 unspecified atom stereocenters. The van der Waals surface area contributed by atoms with Crippen LogP contribution >= 0.6 is 23.2 Å². The normalized spacial score (nSPS) is 16.7. The van der Waals surface area contributed by atoms with E-state index >= 15 is 0 Å². The van der Waals surface area contributed by atoms with Gasteiger partial charge in [0.15, 0.2) is 0 Å². The zero-order chi connectivity index (χ0) is 20.1. The molecule has 0 aliphatic carbocycles. The smallest absolute Gasteiger partial charge is 0.252 e. The first kappa shape index (κ1) is 21.0. The standard InChI is InChI=1S/C20H24Cl2N4O2/c1-13-23-10-14(11-24-13)18(26-8-6-15(28-2)7-9-26)12-25-20(27)16-4-3-5-17(21)19(16)22/h3-5,10-11,15,18H,6-9,12H2,1-2H3,(H,25,27). The monoisotopic (exact) mass is 422 g/mol. The summed E-state index contributed by atoms with van der Waals surface area (Å²) in [7, 11) is 1.75. The highest BCUT2D eigenvalue weighted by molar-refractivity contribution is 6.43. The maximum Gasteiger partial charge on any atom is 0.252 e. The van der Waals surface area contributed by atoms with E-state index in [1.54, 1.807) is 25.3 Å². The molecule has 1 amide bonds. The van der Waals surface area contributed by atoms with Crippen molar-refractivity contribution < 1.29 is 9.53 Å². The SMILES string of the molecule is COC1CCN(C(CNC(=O)c2cccc(Cl)c2Cl)c2cnc(C)nc2)CC1. The summed E-state index contributed by atoms with van der Waals surface area (Å²) in [6, 6.07) is 5.01. The zero-order valence-corrected chi connectivity index (χ0v) is 17.5. The van der Waals surface area contributed by atoms with Gasteiger partial charge in [-0.05, 0) is 31.9 Å². The number of nitrogens with zero attached hydrogens (tertiary/aromatic N) is 3. The van der Waals surface area contributed by atoms with E-state index < -0.39 is 0 Å². The third-order valence-electron chi connectivity index (χ3n) is 5.09. The average Bonchev–Trinajstić information content (AvgIpc) is 2.71. The first-order valence-corrected chi connectivity index (χ1v) is 10.0. The molecule has 6 nitrogen and oxygen atoms in total. The van der Waals surface area contributed by atoms with Crippen LogP contribution in [0, 0.1) is 6.92 Å². The van der Waals surface area contributed by atoms with Gasteiger partial charge in [0, 0.05) is 44.7 Å². The molecule has 0 bridgehead atoms. The number of methoxy groups -OCH3 is 1. The Balaban J connectivity index is 1.74. The Kier molecular flexibility index (Phi) is 7.24. The maximum atomic E-state index is 12.7. The van der Waals surface area contributed by atoms with Gasteiger partial charge in [0.25, 0.3) is 5.91 Å². The molecule has 1 aliphatic rings. The molecule has 28 heavy (non-hydrogen) atoms. The number of aromatic nitrogens is 2. The van der Waals surface area contributed by atoms with Gasteiger partial charge in [0.1, 0.15) is 5.82 Å². The largest absolute Gasteiger partial charge is 0.381 e. The van der Waals surface area contributed by atoms with Crippen molar-refractivity contribution in [3.8, 4) is 0 Å². The molecule has 2 aromatic rings. The highest BCUT2D eigenvalue weighted by Crippen LogP contribution is 2.27. The molecule has 1 aliphatic heterocycles. The number of likely N-dealkylation sites (tertiary alicyclic amines) is 1. The number of aryl methyl sites for hydroxylation is 1. The van der Waals surface area contributed by atoms with Gasteiger partial charge < -0.3 is 10.1 Å².